The third-order valence-electron chi connectivity index (χ3n) is 4.19. The minimum absolute atomic E-state index is 0.0455. The van der Waals surface area contributed by atoms with Crippen molar-refractivity contribution in [2.45, 2.75) is 51.9 Å². The van der Waals surface area contributed by atoms with Crippen LogP contribution in [0, 0.1) is 5.92 Å². The molecule has 2 aliphatic heterocycles. The highest BCUT2D eigenvalue weighted by atomic mass is 32.2. The molecule has 1 N–H and O–H groups in total. The molecule has 0 saturated carbocycles. The maximum absolute atomic E-state index is 12.1. The zero-order valence-corrected chi connectivity index (χ0v) is 14.5. The number of nitrogens with zero attached hydrogens (tertiary/aromatic N) is 2. The highest BCUT2D eigenvalue weighted by molar-refractivity contribution is 8.14. The third-order valence-corrected chi connectivity index (χ3v) is 5.05. The molecule has 23 heavy (non-hydrogen) atoms. The van der Waals surface area contributed by atoms with Gasteiger partial charge in [0.1, 0.15) is 5.92 Å². The zero-order chi connectivity index (χ0) is 16.7. The Balaban J connectivity index is 1.81. The van der Waals surface area contributed by atoms with E-state index in [1.54, 1.807) is 0 Å². The second-order valence-corrected chi connectivity index (χ2v) is 6.99. The van der Waals surface area contributed by atoms with E-state index in [2.05, 4.69) is 17.2 Å². The van der Waals surface area contributed by atoms with Gasteiger partial charge in [-0.05, 0) is 25.7 Å². The van der Waals surface area contributed by atoms with Crippen molar-refractivity contribution in [2.75, 3.05) is 18.8 Å². The van der Waals surface area contributed by atoms with Crippen molar-refractivity contribution in [3.63, 3.8) is 0 Å². The van der Waals surface area contributed by atoms with E-state index in [0.29, 0.717) is 6.42 Å². The van der Waals surface area contributed by atoms with Crippen molar-refractivity contribution in [1.29, 1.82) is 0 Å². The largest absolute Gasteiger partial charge is 0.342 e. The number of aliphatic imine (C=N–C) groups is 1. The Morgan fingerprint density at radius 3 is 2.65 bits per heavy atom. The first-order chi connectivity index (χ1) is 11.1. The fourth-order valence-corrected chi connectivity index (χ4v) is 3.57. The third kappa shape index (κ3) is 5.34. The monoisotopic (exact) mass is 339 g/mol. The van der Waals surface area contributed by atoms with Gasteiger partial charge in [0.2, 0.25) is 11.8 Å². The number of rotatable bonds is 6. The van der Waals surface area contributed by atoms with Crippen LogP contribution in [0.15, 0.2) is 4.99 Å². The lowest BCUT2D eigenvalue weighted by molar-refractivity contribution is -0.134. The summed E-state index contributed by atoms with van der Waals surface area (Å²) in [5.74, 6) is -1.06. The van der Waals surface area contributed by atoms with Gasteiger partial charge in [0.05, 0.1) is 5.75 Å². The lowest BCUT2D eigenvalue weighted by Crippen LogP contribution is -2.43. The van der Waals surface area contributed by atoms with Crippen LogP contribution in [0.2, 0.25) is 0 Å². The number of carbonyl (C=O) groups excluding carboxylic acids is 3. The molecule has 2 aliphatic rings. The highest BCUT2D eigenvalue weighted by Gasteiger charge is 2.31. The summed E-state index contributed by atoms with van der Waals surface area (Å²) in [6, 6.07) is 0. The number of piperidine rings is 1. The van der Waals surface area contributed by atoms with E-state index in [0.717, 1.165) is 57.0 Å². The molecule has 3 amide bonds. The van der Waals surface area contributed by atoms with Gasteiger partial charge in [-0.15, -0.1) is 0 Å². The van der Waals surface area contributed by atoms with Crippen LogP contribution in [0.1, 0.15) is 51.9 Å². The van der Waals surface area contributed by atoms with E-state index < -0.39 is 5.92 Å². The summed E-state index contributed by atoms with van der Waals surface area (Å²) in [6.07, 6.45) is 6.72. The molecule has 0 bridgehead atoms. The van der Waals surface area contributed by atoms with Crippen LogP contribution in [0.25, 0.3) is 0 Å². The van der Waals surface area contributed by atoms with E-state index in [4.69, 9.17) is 0 Å². The molecule has 0 aromatic rings. The van der Waals surface area contributed by atoms with Crippen LogP contribution in [-0.2, 0) is 14.4 Å². The molecule has 128 valence electrons. The summed E-state index contributed by atoms with van der Waals surface area (Å²) in [4.78, 5) is 41.9. The predicted molar refractivity (Wildman–Crippen MR) is 91.1 cm³/mol. The topological polar surface area (TPSA) is 78.8 Å². The minimum atomic E-state index is -0.663. The number of nitrogens with one attached hydrogen (secondary N) is 1. The van der Waals surface area contributed by atoms with Crippen LogP contribution in [-0.4, -0.2) is 46.6 Å². The molecular weight excluding hydrogens is 314 g/mol. The number of thioether (sulfide) groups is 1. The highest BCUT2D eigenvalue weighted by Crippen LogP contribution is 2.18. The first kappa shape index (κ1) is 18.0. The van der Waals surface area contributed by atoms with Crippen molar-refractivity contribution in [1.82, 2.24) is 10.2 Å². The van der Waals surface area contributed by atoms with Gasteiger partial charge in [0.25, 0.3) is 5.91 Å². The average molecular weight is 339 g/mol. The summed E-state index contributed by atoms with van der Waals surface area (Å²) in [5, 5.41) is 2.93. The Kier molecular flexibility index (Phi) is 7.08. The SMILES string of the molecule is CCCCCC1C(=O)N=C(SCC(=O)N2CCCCC2)NC1=O. The number of unbranched alkanes of at least 4 members (excludes halogenated alkanes) is 2. The lowest BCUT2D eigenvalue weighted by atomic mass is 9.99. The fourth-order valence-electron chi connectivity index (χ4n) is 2.80. The van der Waals surface area contributed by atoms with E-state index in [1.807, 2.05) is 4.90 Å². The van der Waals surface area contributed by atoms with Crippen molar-refractivity contribution in [2.24, 2.45) is 10.9 Å². The van der Waals surface area contributed by atoms with Gasteiger partial charge in [-0.1, -0.05) is 37.9 Å². The Morgan fingerprint density at radius 2 is 2.00 bits per heavy atom. The Hall–Kier alpha value is -1.37. The Labute approximate surface area is 141 Å². The molecule has 0 radical (unpaired) electrons. The maximum atomic E-state index is 12.1. The number of amidine groups is 1. The van der Waals surface area contributed by atoms with Crippen LogP contribution >= 0.6 is 11.8 Å². The number of carbonyl (C=O) groups is 3. The first-order valence-electron chi connectivity index (χ1n) is 8.45. The molecule has 0 aromatic heterocycles. The molecule has 1 fully saturated rings. The molecule has 6 nitrogen and oxygen atoms in total. The van der Waals surface area contributed by atoms with Gasteiger partial charge in [0, 0.05) is 13.1 Å². The van der Waals surface area contributed by atoms with Gasteiger partial charge < -0.3 is 10.2 Å². The van der Waals surface area contributed by atoms with Crippen LogP contribution in [0.3, 0.4) is 0 Å². The summed E-state index contributed by atoms with van der Waals surface area (Å²) in [7, 11) is 0. The summed E-state index contributed by atoms with van der Waals surface area (Å²) in [5.41, 5.74) is 0. The number of likely N-dealkylation sites (tertiary alicyclic amines) is 1. The second kappa shape index (κ2) is 9.05. The van der Waals surface area contributed by atoms with E-state index in [-0.39, 0.29) is 28.6 Å². The van der Waals surface area contributed by atoms with Crippen molar-refractivity contribution in [3.05, 3.63) is 0 Å². The average Bonchev–Trinajstić information content (AvgIpc) is 2.56. The van der Waals surface area contributed by atoms with Crippen molar-refractivity contribution in [3.8, 4) is 0 Å². The van der Waals surface area contributed by atoms with Gasteiger partial charge in [-0.2, -0.15) is 4.99 Å². The smallest absolute Gasteiger partial charge is 0.260 e. The Bertz CT molecular complexity index is 487. The molecule has 0 aromatic carbocycles. The van der Waals surface area contributed by atoms with E-state index in [1.165, 1.54) is 6.42 Å². The molecule has 0 aliphatic carbocycles. The van der Waals surface area contributed by atoms with Gasteiger partial charge in [0.15, 0.2) is 5.17 Å². The molecule has 2 heterocycles. The van der Waals surface area contributed by atoms with E-state index >= 15 is 0 Å². The standard InChI is InChI=1S/C16H25N3O3S/c1-2-3-5-8-12-14(21)17-16(18-15(12)22)23-11-13(20)19-9-6-4-7-10-19/h12H,2-11H2,1H3,(H,17,18,21,22). The summed E-state index contributed by atoms with van der Waals surface area (Å²) >= 11 is 1.14. The van der Waals surface area contributed by atoms with Crippen molar-refractivity contribution >= 4 is 34.7 Å². The molecule has 2 rings (SSSR count). The van der Waals surface area contributed by atoms with Crippen LogP contribution in [0.4, 0.5) is 0 Å². The summed E-state index contributed by atoms with van der Waals surface area (Å²) in [6.45, 7) is 3.68. The number of hydrogen-bond acceptors (Lipinski definition) is 4. The fraction of sp³-hybridized carbons (Fsp3) is 0.750. The molecule has 7 heteroatoms. The summed E-state index contributed by atoms with van der Waals surface area (Å²) < 4.78 is 0. The van der Waals surface area contributed by atoms with Gasteiger partial charge in [-0.25, -0.2) is 0 Å². The number of amides is 3. The number of hydrogen-bond donors (Lipinski definition) is 1. The molecule has 1 unspecified atom stereocenters. The second-order valence-electron chi connectivity index (χ2n) is 6.02. The first-order valence-corrected chi connectivity index (χ1v) is 9.44. The van der Waals surface area contributed by atoms with Crippen LogP contribution in [0.5, 0.6) is 0 Å². The Morgan fingerprint density at radius 1 is 1.26 bits per heavy atom. The van der Waals surface area contributed by atoms with Crippen molar-refractivity contribution < 1.29 is 14.4 Å². The predicted octanol–water partition coefficient (Wildman–Crippen LogP) is 1.94. The lowest BCUT2D eigenvalue weighted by Gasteiger charge is -2.27. The molecule has 1 atom stereocenters. The molecule has 1 saturated heterocycles. The molecule has 0 spiro atoms. The zero-order valence-electron chi connectivity index (χ0n) is 13.7. The normalized spacial score (nSPS) is 21.9. The quantitative estimate of drug-likeness (QED) is 0.592. The maximum Gasteiger partial charge on any atom is 0.260 e. The van der Waals surface area contributed by atoms with Gasteiger partial charge >= 0.3 is 0 Å². The van der Waals surface area contributed by atoms with Crippen LogP contribution < -0.4 is 5.32 Å². The van der Waals surface area contributed by atoms with Gasteiger partial charge in [-0.3, -0.25) is 14.4 Å². The molecular formula is C16H25N3O3S. The van der Waals surface area contributed by atoms with E-state index in [9.17, 15) is 14.4 Å². The minimum Gasteiger partial charge on any atom is -0.342 e.